The Morgan fingerprint density at radius 1 is 1.45 bits per heavy atom. The van der Waals surface area contributed by atoms with Crippen molar-refractivity contribution >= 4 is 0 Å². The number of rotatable bonds is 0. The summed E-state index contributed by atoms with van der Waals surface area (Å²) in [5.41, 5.74) is 6.01. The van der Waals surface area contributed by atoms with Gasteiger partial charge in [0.1, 0.15) is 12.3 Å². The van der Waals surface area contributed by atoms with Crippen LogP contribution in [0.2, 0.25) is 0 Å². The number of hydrogen-bond acceptors (Lipinski definition) is 4. The quantitative estimate of drug-likeness (QED) is 0.541. The lowest BCUT2D eigenvalue weighted by Gasteiger charge is -2.08. The molecule has 0 aromatic rings. The van der Waals surface area contributed by atoms with E-state index in [9.17, 15) is 0 Å². The van der Waals surface area contributed by atoms with Crippen molar-refractivity contribution in [3.05, 3.63) is 23.3 Å². The average Bonchev–Trinajstić information content (AvgIpc) is 2.05. The largest absolute Gasteiger partial charge is 0.447 e. The Hall–Kier alpha value is -1.94. The fourth-order valence-corrected chi connectivity index (χ4v) is 0.685. The highest BCUT2D eigenvalue weighted by Gasteiger charge is 2.12. The number of hydrogen-bond donors (Lipinski definition) is 1. The van der Waals surface area contributed by atoms with Crippen molar-refractivity contribution in [3.8, 4) is 12.1 Å². The Bertz CT molecular complexity index is 314. The molecule has 1 heterocycles. The van der Waals surface area contributed by atoms with Crippen LogP contribution in [0.15, 0.2) is 23.3 Å². The topological polar surface area (TPSA) is 82.8 Å². The molecule has 0 saturated heterocycles. The molecule has 4 nitrogen and oxygen atoms in total. The number of nitriles is 2. The van der Waals surface area contributed by atoms with Gasteiger partial charge in [-0.15, -0.1) is 0 Å². The first kappa shape index (κ1) is 7.17. The molecular formula is C7H5N3O. The van der Waals surface area contributed by atoms with Crippen LogP contribution in [-0.2, 0) is 4.74 Å². The molecule has 0 saturated carbocycles. The first-order valence-corrected chi connectivity index (χ1v) is 2.92. The van der Waals surface area contributed by atoms with E-state index in [1.807, 2.05) is 12.1 Å². The van der Waals surface area contributed by atoms with Crippen molar-refractivity contribution in [3.63, 3.8) is 0 Å². The summed E-state index contributed by atoms with van der Waals surface area (Å²) in [6.45, 7) is 0. The van der Waals surface area contributed by atoms with Crippen LogP contribution < -0.4 is 5.73 Å². The van der Waals surface area contributed by atoms with E-state index in [0.717, 1.165) is 0 Å². The Morgan fingerprint density at radius 3 is 2.73 bits per heavy atom. The van der Waals surface area contributed by atoms with E-state index < -0.39 is 0 Å². The van der Waals surface area contributed by atoms with Crippen LogP contribution >= 0.6 is 0 Å². The summed E-state index contributed by atoms with van der Waals surface area (Å²) in [4.78, 5) is 0. The smallest absolute Gasteiger partial charge is 0.204 e. The molecule has 0 spiro atoms. The molecular weight excluding hydrogens is 142 g/mol. The van der Waals surface area contributed by atoms with Gasteiger partial charge in [0.15, 0.2) is 0 Å². The van der Waals surface area contributed by atoms with Gasteiger partial charge in [0.05, 0.1) is 17.2 Å². The summed E-state index contributed by atoms with van der Waals surface area (Å²) >= 11 is 0. The molecule has 1 aliphatic heterocycles. The molecule has 0 aromatic heterocycles. The molecule has 1 rings (SSSR count). The first-order valence-electron chi connectivity index (χ1n) is 2.92. The van der Waals surface area contributed by atoms with Crippen molar-refractivity contribution in [2.45, 2.75) is 6.42 Å². The van der Waals surface area contributed by atoms with Crippen LogP contribution in [0.3, 0.4) is 0 Å². The molecule has 0 bridgehead atoms. The predicted octanol–water partition coefficient (Wildman–Crippen LogP) is 0.508. The summed E-state index contributed by atoms with van der Waals surface area (Å²) < 4.78 is 4.74. The molecule has 0 aliphatic carbocycles. The van der Waals surface area contributed by atoms with E-state index in [2.05, 4.69) is 0 Å². The normalized spacial score (nSPS) is 16.0. The monoisotopic (exact) mass is 147 g/mol. The molecule has 0 fully saturated rings. The molecule has 0 amide bonds. The number of nitrogens with zero attached hydrogens (tertiary/aromatic N) is 2. The molecule has 1 aliphatic rings. The van der Waals surface area contributed by atoms with Crippen molar-refractivity contribution in [2.75, 3.05) is 0 Å². The van der Waals surface area contributed by atoms with Gasteiger partial charge >= 0.3 is 0 Å². The van der Waals surface area contributed by atoms with Gasteiger partial charge in [-0.25, -0.2) is 0 Å². The lowest BCUT2D eigenvalue weighted by atomic mass is 10.1. The van der Waals surface area contributed by atoms with E-state index in [4.69, 9.17) is 21.0 Å². The van der Waals surface area contributed by atoms with Crippen molar-refractivity contribution in [1.29, 1.82) is 10.5 Å². The molecule has 2 N–H and O–H groups in total. The zero-order valence-electron chi connectivity index (χ0n) is 5.66. The maximum Gasteiger partial charge on any atom is 0.204 e. The fraction of sp³-hybridized carbons (Fsp3) is 0.143. The standard InChI is InChI=1S/C7H5N3O/c8-2-5-1-6(3-9)7(10)11-4-5/h4H,1,10H2. The molecule has 54 valence electrons. The third-order valence-electron chi connectivity index (χ3n) is 1.27. The van der Waals surface area contributed by atoms with Crippen molar-refractivity contribution in [2.24, 2.45) is 5.73 Å². The minimum Gasteiger partial charge on any atom is -0.447 e. The van der Waals surface area contributed by atoms with Gasteiger partial charge < -0.3 is 10.5 Å². The predicted molar refractivity (Wildman–Crippen MR) is 36.2 cm³/mol. The second kappa shape index (κ2) is 2.76. The maximum atomic E-state index is 8.47. The van der Waals surface area contributed by atoms with Crippen LogP contribution in [0, 0.1) is 22.7 Å². The second-order valence-corrected chi connectivity index (χ2v) is 2.00. The summed E-state index contributed by atoms with van der Waals surface area (Å²) in [7, 11) is 0. The molecule has 0 aromatic carbocycles. The summed E-state index contributed by atoms with van der Waals surface area (Å²) in [5, 5.41) is 16.9. The van der Waals surface area contributed by atoms with E-state index in [-0.39, 0.29) is 12.3 Å². The Kier molecular flexibility index (Phi) is 1.80. The van der Waals surface area contributed by atoms with Crippen LogP contribution in [0.5, 0.6) is 0 Å². The maximum absolute atomic E-state index is 8.47. The Labute approximate surface area is 63.8 Å². The Balaban J connectivity index is 2.85. The van der Waals surface area contributed by atoms with Gasteiger partial charge in [-0.1, -0.05) is 0 Å². The van der Waals surface area contributed by atoms with Gasteiger partial charge in [-0.05, 0) is 0 Å². The number of ether oxygens (including phenoxy) is 1. The minimum atomic E-state index is 0.0894. The third kappa shape index (κ3) is 1.31. The van der Waals surface area contributed by atoms with Gasteiger partial charge in [0.25, 0.3) is 0 Å². The third-order valence-corrected chi connectivity index (χ3v) is 1.27. The van der Waals surface area contributed by atoms with E-state index in [1.54, 1.807) is 0 Å². The summed E-state index contributed by atoms with van der Waals surface area (Å²) in [5.74, 6) is 0.0894. The van der Waals surface area contributed by atoms with E-state index in [0.29, 0.717) is 11.1 Å². The summed E-state index contributed by atoms with van der Waals surface area (Å²) in [6, 6.07) is 3.74. The van der Waals surface area contributed by atoms with Crippen LogP contribution in [0.1, 0.15) is 6.42 Å². The van der Waals surface area contributed by atoms with Crippen LogP contribution in [0.4, 0.5) is 0 Å². The van der Waals surface area contributed by atoms with Gasteiger partial charge in [-0.3, -0.25) is 0 Å². The van der Waals surface area contributed by atoms with Gasteiger partial charge in [0, 0.05) is 6.42 Å². The van der Waals surface area contributed by atoms with Crippen LogP contribution in [0.25, 0.3) is 0 Å². The van der Waals surface area contributed by atoms with Crippen molar-refractivity contribution in [1.82, 2.24) is 0 Å². The van der Waals surface area contributed by atoms with E-state index >= 15 is 0 Å². The number of allylic oxidation sites excluding steroid dienone is 2. The van der Waals surface area contributed by atoms with E-state index in [1.165, 1.54) is 6.26 Å². The average molecular weight is 147 g/mol. The highest BCUT2D eigenvalue weighted by atomic mass is 16.5. The second-order valence-electron chi connectivity index (χ2n) is 2.00. The summed E-state index contributed by atoms with van der Waals surface area (Å²) in [6.07, 6.45) is 1.54. The fourth-order valence-electron chi connectivity index (χ4n) is 0.685. The first-order chi connectivity index (χ1) is 5.27. The highest BCUT2D eigenvalue weighted by molar-refractivity contribution is 5.36. The van der Waals surface area contributed by atoms with Gasteiger partial charge in [-0.2, -0.15) is 10.5 Å². The zero-order chi connectivity index (χ0) is 8.27. The molecule has 0 unspecified atom stereocenters. The molecule has 0 radical (unpaired) electrons. The number of nitrogens with two attached hydrogens (primary N) is 1. The van der Waals surface area contributed by atoms with Gasteiger partial charge in [0.2, 0.25) is 5.88 Å². The molecule has 11 heavy (non-hydrogen) atoms. The SMILES string of the molecule is N#CC1=COC(N)=C(C#N)C1. The Morgan fingerprint density at radius 2 is 2.18 bits per heavy atom. The lowest BCUT2D eigenvalue weighted by Crippen LogP contribution is -2.08. The van der Waals surface area contributed by atoms with Crippen LogP contribution in [-0.4, -0.2) is 0 Å². The highest BCUT2D eigenvalue weighted by Crippen LogP contribution is 2.17. The zero-order valence-corrected chi connectivity index (χ0v) is 5.66. The molecule has 0 atom stereocenters. The minimum absolute atomic E-state index is 0.0894. The molecule has 4 heteroatoms. The lowest BCUT2D eigenvalue weighted by molar-refractivity contribution is 0.330. The van der Waals surface area contributed by atoms with Crippen molar-refractivity contribution < 1.29 is 4.74 Å².